The molecule has 1 N–H and O–H groups in total. The molecule has 154 valence electrons. The first kappa shape index (κ1) is 23.6. The van der Waals surface area contributed by atoms with Gasteiger partial charge in [-0.2, -0.15) is 0 Å². The lowest BCUT2D eigenvalue weighted by molar-refractivity contribution is -0.135. The van der Waals surface area contributed by atoms with Crippen LogP contribution >= 0.6 is 11.3 Å². The van der Waals surface area contributed by atoms with Gasteiger partial charge < -0.3 is 15.0 Å². The molecule has 1 atom stereocenters. The summed E-state index contributed by atoms with van der Waals surface area (Å²) < 4.78 is 5.09. The normalized spacial score (nSPS) is 12.7. The maximum Gasteiger partial charge on any atom is 0.245 e. The van der Waals surface area contributed by atoms with Crippen LogP contribution in [0.25, 0.3) is 0 Å². The Labute approximate surface area is 167 Å². The summed E-state index contributed by atoms with van der Waals surface area (Å²) in [5, 5.41) is 3.40. The first-order valence-corrected chi connectivity index (χ1v) is 10.3. The Morgan fingerprint density at radius 2 is 1.96 bits per heavy atom. The van der Waals surface area contributed by atoms with E-state index in [1.165, 1.54) is 11.3 Å². The molecule has 0 aliphatic carbocycles. The number of nitrogens with one attached hydrogen (secondary N) is 1. The molecule has 0 radical (unpaired) electrons. The van der Waals surface area contributed by atoms with Gasteiger partial charge in [0, 0.05) is 31.6 Å². The number of hydrogen-bond acceptors (Lipinski definition) is 5. The molecule has 6 nitrogen and oxygen atoms in total. The summed E-state index contributed by atoms with van der Waals surface area (Å²) >= 11 is 1.45. The highest BCUT2D eigenvalue weighted by atomic mass is 32.1. The summed E-state index contributed by atoms with van der Waals surface area (Å²) in [4.78, 5) is 32.2. The fourth-order valence-electron chi connectivity index (χ4n) is 3.09. The Morgan fingerprint density at radius 1 is 1.30 bits per heavy atom. The van der Waals surface area contributed by atoms with Crippen LogP contribution in [0.5, 0.6) is 0 Å². The number of carbonyl (C=O) groups excluding carboxylic acids is 2. The molecule has 0 spiro atoms. The molecule has 0 fully saturated rings. The molecular formula is C20H35N3O3S. The van der Waals surface area contributed by atoms with Crippen molar-refractivity contribution in [3.63, 3.8) is 0 Å². The highest BCUT2D eigenvalue weighted by Gasteiger charge is 2.22. The van der Waals surface area contributed by atoms with Crippen LogP contribution in [0.4, 0.5) is 5.13 Å². The van der Waals surface area contributed by atoms with Gasteiger partial charge in [0.05, 0.1) is 12.2 Å². The first-order valence-electron chi connectivity index (χ1n) is 9.52. The monoisotopic (exact) mass is 397 g/mol. The van der Waals surface area contributed by atoms with Crippen LogP contribution in [-0.4, -0.2) is 48.5 Å². The molecule has 1 unspecified atom stereocenters. The van der Waals surface area contributed by atoms with Crippen molar-refractivity contribution in [3.8, 4) is 0 Å². The number of aromatic nitrogens is 1. The molecule has 0 saturated heterocycles. The third-order valence-corrected chi connectivity index (χ3v) is 5.21. The second kappa shape index (κ2) is 10.8. The average Bonchev–Trinajstić information content (AvgIpc) is 2.82. The van der Waals surface area contributed by atoms with Gasteiger partial charge >= 0.3 is 0 Å². The minimum absolute atomic E-state index is 0.0181. The number of thiazole rings is 1. The van der Waals surface area contributed by atoms with E-state index in [0.29, 0.717) is 31.1 Å². The summed E-state index contributed by atoms with van der Waals surface area (Å²) in [5.41, 5.74) is 1.10. The van der Waals surface area contributed by atoms with Gasteiger partial charge in [-0.1, -0.05) is 27.7 Å². The van der Waals surface area contributed by atoms with Crippen LogP contribution in [0.3, 0.4) is 0 Å². The number of nitrogens with zero attached hydrogens (tertiary/aromatic N) is 2. The topological polar surface area (TPSA) is 71.5 Å². The molecule has 0 aliphatic heterocycles. The van der Waals surface area contributed by atoms with Crippen molar-refractivity contribution >= 4 is 28.3 Å². The number of methoxy groups -OCH3 is 1. The van der Waals surface area contributed by atoms with E-state index in [4.69, 9.17) is 4.74 Å². The number of amides is 2. The maximum absolute atomic E-state index is 12.8. The molecule has 0 aliphatic rings. The molecule has 1 aromatic heterocycles. The molecule has 0 aromatic carbocycles. The Bertz CT molecular complexity index is 603. The van der Waals surface area contributed by atoms with Crippen LogP contribution in [0.15, 0.2) is 0 Å². The van der Waals surface area contributed by atoms with Gasteiger partial charge in [-0.05, 0) is 38.0 Å². The van der Waals surface area contributed by atoms with Crippen LogP contribution in [0.2, 0.25) is 0 Å². The molecular weight excluding hydrogens is 362 g/mol. The lowest BCUT2D eigenvalue weighted by atomic mass is 9.84. The lowest BCUT2D eigenvalue weighted by Crippen LogP contribution is -2.39. The van der Waals surface area contributed by atoms with Crippen molar-refractivity contribution in [2.75, 3.05) is 32.1 Å². The largest absolute Gasteiger partial charge is 0.385 e. The van der Waals surface area contributed by atoms with E-state index in [1.54, 1.807) is 12.0 Å². The van der Waals surface area contributed by atoms with E-state index in [1.807, 2.05) is 13.8 Å². The van der Waals surface area contributed by atoms with Crippen molar-refractivity contribution in [2.24, 2.45) is 11.3 Å². The summed E-state index contributed by atoms with van der Waals surface area (Å²) in [7, 11) is 1.64. The summed E-state index contributed by atoms with van der Waals surface area (Å²) in [5.74, 6) is 0.0808. The molecule has 1 rings (SSSR count). The van der Waals surface area contributed by atoms with Crippen molar-refractivity contribution in [1.29, 1.82) is 0 Å². The fourth-order valence-corrected chi connectivity index (χ4v) is 3.93. The third-order valence-electron chi connectivity index (χ3n) is 4.22. The number of rotatable bonds is 10. The summed E-state index contributed by atoms with van der Waals surface area (Å²) in [6.07, 6.45) is 2.13. The summed E-state index contributed by atoms with van der Waals surface area (Å²) in [6, 6.07) is 0. The zero-order chi connectivity index (χ0) is 20.6. The smallest absolute Gasteiger partial charge is 0.245 e. The van der Waals surface area contributed by atoms with Crippen LogP contribution in [-0.2, 0) is 14.3 Å². The number of aryl methyl sites for hydroxylation is 2. The van der Waals surface area contributed by atoms with Crippen molar-refractivity contribution in [3.05, 3.63) is 10.6 Å². The van der Waals surface area contributed by atoms with E-state index in [2.05, 4.69) is 38.0 Å². The van der Waals surface area contributed by atoms with E-state index >= 15 is 0 Å². The fraction of sp³-hybridized carbons (Fsp3) is 0.750. The quantitative estimate of drug-likeness (QED) is 0.605. The molecule has 0 saturated carbocycles. The predicted molar refractivity (Wildman–Crippen MR) is 111 cm³/mol. The van der Waals surface area contributed by atoms with Crippen LogP contribution < -0.4 is 5.32 Å². The van der Waals surface area contributed by atoms with Gasteiger partial charge in [-0.25, -0.2) is 4.98 Å². The predicted octanol–water partition coefficient (Wildman–Crippen LogP) is 4.03. The zero-order valence-electron chi connectivity index (χ0n) is 17.8. The standard InChI is InChI=1S/C20H35N3O3S/c1-14(12-20(4,5)6)11-18(25)23(9-8-10-26-7)13-17(24)22-19-21-15(2)16(3)27-19/h14H,8-13H2,1-7H3,(H,21,22,24). The van der Waals surface area contributed by atoms with Crippen molar-refractivity contribution < 1.29 is 14.3 Å². The molecule has 7 heteroatoms. The molecule has 27 heavy (non-hydrogen) atoms. The highest BCUT2D eigenvalue weighted by Crippen LogP contribution is 2.26. The van der Waals surface area contributed by atoms with Gasteiger partial charge in [-0.3, -0.25) is 9.59 Å². The summed E-state index contributed by atoms with van der Waals surface area (Å²) in [6.45, 7) is 13.6. The molecule has 1 heterocycles. The van der Waals surface area contributed by atoms with E-state index in [0.717, 1.165) is 17.0 Å². The number of ether oxygens (including phenoxy) is 1. The molecule has 0 bridgehead atoms. The molecule has 2 amide bonds. The first-order chi connectivity index (χ1) is 12.5. The van der Waals surface area contributed by atoms with E-state index < -0.39 is 0 Å². The number of anilines is 1. The number of hydrogen-bond donors (Lipinski definition) is 1. The minimum Gasteiger partial charge on any atom is -0.385 e. The van der Waals surface area contributed by atoms with Crippen molar-refractivity contribution in [1.82, 2.24) is 9.88 Å². The Kier molecular flexibility index (Phi) is 9.39. The minimum atomic E-state index is -0.210. The Balaban J connectivity index is 2.68. The van der Waals surface area contributed by atoms with Crippen molar-refractivity contribution in [2.45, 2.75) is 60.8 Å². The Morgan fingerprint density at radius 3 is 2.48 bits per heavy atom. The van der Waals surface area contributed by atoms with Gasteiger partial charge in [0.2, 0.25) is 11.8 Å². The van der Waals surface area contributed by atoms with Gasteiger partial charge in [0.25, 0.3) is 0 Å². The number of carbonyl (C=O) groups is 2. The van der Waals surface area contributed by atoms with Gasteiger partial charge in [0.15, 0.2) is 5.13 Å². The van der Waals surface area contributed by atoms with E-state index in [9.17, 15) is 9.59 Å². The van der Waals surface area contributed by atoms with E-state index in [-0.39, 0.29) is 29.7 Å². The molecule has 1 aromatic rings. The second-order valence-corrected chi connectivity index (χ2v) is 9.65. The average molecular weight is 398 g/mol. The highest BCUT2D eigenvalue weighted by molar-refractivity contribution is 7.15. The lowest BCUT2D eigenvalue weighted by Gasteiger charge is -2.26. The maximum atomic E-state index is 12.8. The second-order valence-electron chi connectivity index (χ2n) is 8.44. The Hall–Kier alpha value is -1.47. The third kappa shape index (κ3) is 9.33. The van der Waals surface area contributed by atoms with Gasteiger partial charge in [-0.15, -0.1) is 11.3 Å². The van der Waals surface area contributed by atoms with Crippen LogP contribution in [0.1, 0.15) is 57.5 Å². The van der Waals surface area contributed by atoms with Crippen LogP contribution in [0, 0.1) is 25.2 Å². The van der Waals surface area contributed by atoms with Gasteiger partial charge in [0.1, 0.15) is 0 Å². The SMILES string of the molecule is COCCCN(CC(=O)Nc1nc(C)c(C)s1)C(=O)CC(C)CC(C)(C)C. The zero-order valence-corrected chi connectivity index (χ0v) is 18.7.